The Labute approximate surface area is 89.7 Å². The summed E-state index contributed by atoms with van der Waals surface area (Å²) >= 11 is 0. The van der Waals surface area contributed by atoms with Crippen LogP contribution in [-0.4, -0.2) is 16.4 Å². The number of hydrogen-bond acceptors (Lipinski definition) is 3. The van der Waals surface area contributed by atoms with Crippen molar-refractivity contribution >= 4 is 0 Å². The minimum atomic E-state index is -0.168. The molecule has 1 aliphatic heterocycles. The molecule has 2 rings (SSSR count). The van der Waals surface area contributed by atoms with Gasteiger partial charge in [-0.25, -0.2) is 0 Å². The summed E-state index contributed by atoms with van der Waals surface area (Å²) in [5, 5.41) is 4.28. The summed E-state index contributed by atoms with van der Waals surface area (Å²) in [5.74, 6) is 0.886. The van der Waals surface area contributed by atoms with Crippen molar-refractivity contribution in [1.29, 1.82) is 0 Å². The Hall–Kier alpha value is -1.29. The van der Waals surface area contributed by atoms with E-state index in [4.69, 9.17) is 10.5 Å². The molecule has 15 heavy (non-hydrogen) atoms. The highest BCUT2D eigenvalue weighted by molar-refractivity contribution is 5.26. The molecule has 0 bridgehead atoms. The van der Waals surface area contributed by atoms with Crippen LogP contribution in [0.5, 0.6) is 0 Å². The van der Waals surface area contributed by atoms with Crippen LogP contribution >= 0.6 is 0 Å². The predicted octanol–water partition coefficient (Wildman–Crippen LogP) is 1.42. The van der Waals surface area contributed by atoms with Gasteiger partial charge in [-0.15, -0.1) is 0 Å². The normalized spacial score (nSPS) is 18.2. The number of aromatic nitrogens is 2. The molecular formula is C11H17N3O. The van der Waals surface area contributed by atoms with Gasteiger partial charge < -0.3 is 10.5 Å². The smallest absolute Gasteiger partial charge is 0.113 e. The summed E-state index contributed by atoms with van der Waals surface area (Å²) in [7, 11) is 1.90. The molecule has 82 valence electrons. The average Bonchev–Trinajstić information content (AvgIpc) is 2.58. The number of aryl methyl sites for hydroxylation is 2. The van der Waals surface area contributed by atoms with Crippen molar-refractivity contribution in [2.24, 2.45) is 12.8 Å². The first-order valence-corrected chi connectivity index (χ1v) is 5.27. The van der Waals surface area contributed by atoms with E-state index in [1.54, 1.807) is 4.68 Å². The van der Waals surface area contributed by atoms with Gasteiger partial charge in [-0.2, -0.15) is 5.10 Å². The van der Waals surface area contributed by atoms with Crippen molar-refractivity contribution in [2.75, 3.05) is 6.61 Å². The molecule has 0 aromatic carbocycles. The van der Waals surface area contributed by atoms with Crippen molar-refractivity contribution < 1.29 is 4.74 Å². The van der Waals surface area contributed by atoms with Gasteiger partial charge in [0.15, 0.2) is 0 Å². The second-order valence-corrected chi connectivity index (χ2v) is 3.92. The van der Waals surface area contributed by atoms with E-state index < -0.39 is 0 Å². The highest BCUT2D eigenvalue weighted by atomic mass is 16.5. The zero-order chi connectivity index (χ0) is 10.8. The molecule has 1 aliphatic rings. The van der Waals surface area contributed by atoms with E-state index in [-0.39, 0.29) is 6.04 Å². The van der Waals surface area contributed by atoms with Crippen molar-refractivity contribution in [3.05, 3.63) is 29.3 Å². The zero-order valence-electron chi connectivity index (χ0n) is 9.23. The molecule has 1 atom stereocenters. The number of hydrogen-bond donors (Lipinski definition) is 1. The van der Waals surface area contributed by atoms with E-state index >= 15 is 0 Å². The summed E-state index contributed by atoms with van der Waals surface area (Å²) in [6, 6.07) is -0.168. The van der Waals surface area contributed by atoms with Crippen LogP contribution in [0, 0.1) is 6.92 Å². The van der Waals surface area contributed by atoms with Crippen LogP contribution in [0.3, 0.4) is 0 Å². The Morgan fingerprint density at radius 1 is 1.60 bits per heavy atom. The van der Waals surface area contributed by atoms with Gasteiger partial charge in [0.2, 0.25) is 0 Å². The van der Waals surface area contributed by atoms with E-state index in [0.717, 1.165) is 36.5 Å². The molecule has 1 aromatic heterocycles. The lowest BCUT2D eigenvalue weighted by atomic mass is 10.1. The third-order valence-corrected chi connectivity index (χ3v) is 2.66. The van der Waals surface area contributed by atoms with Gasteiger partial charge in [0, 0.05) is 18.8 Å². The number of ether oxygens (including phenoxy) is 1. The van der Waals surface area contributed by atoms with Crippen LogP contribution in [0.2, 0.25) is 0 Å². The minimum Gasteiger partial charge on any atom is -0.496 e. The number of nitrogens with zero attached hydrogens (tertiary/aromatic N) is 2. The molecule has 0 radical (unpaired) electrons. The van der Waals surface area contributed by atoms with Gasteiger partial charge in [-0.05, 0) is 25.8 Å². The van der Waals surface area contributed by atoms with Gasteiger partial charge in [-0.1, -0.05) is 0 Å². The maximum atomic E-state index is 6.14. The maximum absolute atomic E-state index is 6.14. The maximum Gasteiger partial charge on any atom is 0.113 e. The Kier molecular flexibility index (Phi) is 2.77. The van der Waals surface area contributed by atoms with Crippen LogP contribution in [0.4, 0.5) is 0 Å². The van der Waals surface area contributed by atoms with Crippen LogP contribution in [0.15, 0.2) is 18.0 Å². The largest absolute Gasteiger partial charge is 0.496 e. The SMILES string of the molecule is Cc1nn(C)cc1C(N)C1=CCCCO1. The number of nitrogens with two attached hydrogens (primary N) is 1. The van der Waals surface area contributed by atoms with Crippen LogP contribution in [0.25, 0.3) is 0 Å². The molecule has 0 saturated carbocycles. The van der Waals surface area contributed by atoms with Crippen molar-refractivity contribution in [3.8, 4) is 0 Å². The first kappa shape index (κ1) is 10.2. The highest BCUT2D eigenvalue weighted by Crippen LogP contribution is 2.25. The Bertz CT molecular complexity index is 381. The summed E-state index contributed by atoms with van der Waals surface area (Å²) in [5.41, 5.74) is 8.16. The molecule has 1 unspecified atom stereocenters. The fourth-order valence-corrected chi connectivity index (χ4v) is 1.87. The fourth-order valence-electron chi connectivity index (χ4n) is 1.87. The molecule has 0 saturated heterocycles. The van der Waals surface area contributed by atoms with E-state index in [0.29, 0.717) is 0 Å². The van der Waals surface area contributed by atoms with Gasteiger partial charge in [0.05, 0.1) is 18.3 Å². The molecule has 4 heteroatoms. The summed E-state index contributed by atoms with van der Waals surface area (Å²) in [6.07, 6.45) is 6.18. The Morgan fingerprint density at radius 2 is 2.40 bits per heavy atom. The first-order chi connectivity index (χ1) is 7.18. The van der Waals surface area contributed by atoms with Crippen LogP contribution in [0.1, 0.15) is 30.1 Å². The second-order valence-electron chi connectivity index (χ2n) is 3.92. The average molecular weight is 207 g/mol. The highest BCUT2D eigenvalue weighted by Gasteiger charge is 2.19. The Morgan fingerprint density at radius 3 is 2.93 bits per heavy atom. The van der Waals surface area contributed by atoms with Gasteiger partial charge in [0.25, 0.3) is 0 Å². The van der Waals surface area contributed by atoms with Gasteiger partial charge in [0.1, 0.15) is 5.76 Å². The molecule has 1 aromatic rings. The summed E-state index contributed by atoms with van der Waals surface area (Å²) in [6.45, 7) is 2.75. The lowest BCUT2D eigenvalue weighted by Crippen LogP contribution is -2.18. The van der Waals surface area contributed by atoms with Gasteiger partial charge >= 0.3 is 0 Å². The van der Waals surface area contributed by atoms with Crippen molar-refractivity contribution in [1.82, 2.24) is 9.78 Å². The third-order valence-electron chi connectivity index (χ3n) is 2.66. The topological polar surface area (TPSA) is 53.1 Å². The van der Waals surface area contributed by atoms with Gasteiger partial charge in [-0.3, -0.25) is 4.68 Å². The van der Waals surface area contributed by atoms with E-state index in [9.17, 15) is 0 Å². The summed E-state index contributed by atoms with van der Waals surface area (Å²) < 4.78 is 7.34. The van der Waals surface area contributed by atoms with Crippen LogP contribution < -0.4 is 5.73 Å². The number of rotatable bonds is 2. The zero-order valence-corrected chi connectivity index (χ0v) is 9.23. The molecule has 0 aliphatic carbocycles. The molecular weight excluding hydrogens is 190 g/mol. The Balaban J connectivity index is 2.23. The molecule has 0 spiro atoms. The standard InChI is InChI=1S/C11H17N3O/c1-8-9(7-14(2)13-8)11(12)10-5-3-4-6-15-10/h5,7,11H,3-4,6,12H2,1-2H3. The second kappa shape index (κ2) is 4.06. The lowest BCUT2D eigenvalue weighted by molar-refractivity contribution is 0.175. The minimum absolute atomic E-state index is 0.168. The predicted molar refractivity (Wildman–Crippen MR) is 58.1 cm³/mol. The molecule has 2 N–H and O–H groups in total. The fraction of sp³-hybridized carbons (Fsp3) is 0.545. The first-order valence-electron chi connectivity index (χ1n) is 5.27. The van der Waals surface area contributed by atoms with Crippen molar-refractivity contribution in [2.45, 2.75) is 25.8 Å². The third kappa shape index (κ3) is 2.04. The quantitative estimate of drug-likeness (QED) is 0.798. The lowest BCUT2D eigenvalue weighted by Gasteiger charge is -2.20. The van der Waals surface area contributed by atoms with Crippen LogP contribution in [-0.2, 0) is 11.8 Å². The summed E-state index contributed by atoms with van der Waals surface area (Å²) in [4.78, 5) is 0. The molecule has 2 heterocycles. The molecule has 0 fully saturated rings. The molecule has 4 nitrogen and oxygen atoms in total. The van der Waals surface area contributed by atoms with E-state index in [1.807, 2.05) is 20.2 Å². The van der Waals surface area contributed by atoms with E-state index in [2.05, 4.69) is 11.2 Å². The number of allylic oxidation sites excluding steroid dienone is 1. The molecule has 0 amide bonds. The monoisotopic (exact) mass is 207 g/mol. The van der Waals surface area contributed by atoms with E-state index in [1.165, 1.54) is 0 Å². The van der Waals surface area contributed by atoms with Crippen molar-refractivity contribution in [3.63, 3.8) is 0 Å².